The molecule has 1 N–H and O–H groups in total. The molecule has 152 valence electrons. The van der Waals surface area contributed by atoms with Crippen molar-refractivity contribution in [3.05, 3.63) is 87.6 Å². The number of fused-ring (bicyclic) bond motifs is 1. The van der Waals surface area contributed by atoms with Crippen molar-refractivity contribution >= 4 is 45.9 Å². The molecule has 0 unspecified atom stereocenters. The van der Waals surface area contributed by atoms with E-state index < -0.39 is 0 Å². The topological polar surface area (TPSA) is 77.1 Å². The first kappa shape index (κ1) is 20.3. The summed E-state index contributed by atoms with van der Waals surface area (Å²) in [6.07, 6.45) is 1.56. The van der Waals surface area contributed by atoms with Gasteiger partial charge in [0.25, 0.3) is 5.56 Å². The van der Waals surface area contributed by atoms with Gasteiger partial charge in [0.1, 0.15) is 5.76 Å². The molecule has 30 heavy (non-hydrogen) atoms. The van der Waals surface area contributed by atoms with Gasteiger partial charge in [-0.2, -0.15) is 0 Å². The molecule has 0 aliphatic carbocycles. The lowest BCUT2D eigenvalue weighted by molar-refractivity contribution is -0.113. The molecule has 0 bridgehead atoms. The normalized spacial score (nSPS) is 11.0. The molecule has 2 heterocycles. The number of para-hydroxylation sites is 1. The van der Waals surface area contributed by atoms with E-state index in [9.17, 15) is 9.59 Å². The largest absolute Gasteiger partial charge is 0.467 e. The van der Waals surface area contributed by atoms with E-state index in [1.54, 1.807) is 54.8 Å². The second-order valence-electron chi connectivity index (χ2n) is 6.63. The molecule has 1 amide bonds. The number of carbonyl (C=O) groups excluding carboxylic acids is 1. The first-order valence-corrected chi connectivity index (χ1v) is 10.6. The van der Waals surface area contributed by atoms with Crippen molar-refractivity contribution < 1.29 is 9.21 Å². The Bertz CT molecular complexity index is 1270. The predicted octanol–water partition coefficient (Wildman–Crippen LogP) is 4.73. The molecule has 0 saturated carbocycles. The van der Waals surface area contributed by atoms with E-state index in [0.717, 1.165) is 5.56 Å². The Kier molecular flexibility index (Phi) is 5.92. The average Bonchev–Trinajstić information content (AvgIpc) is 3.25. The highest BCUT2D eigenvalue weighted by Gasteiger charge is 2.15. The lowest BCUT2D eigenvalue weighted by atomic mass is 10.2. The van der Waals surface area contributed by atoms with Crippen LogP contribution < -0.4 is 10.9 Å². The van der Waals surface area contributed by atoms with Gasteiger partial charge in [-0.3, -0.25) is 14.2 Å². The highest BCUT2D eigenvalue weighted by molar-refractivity contribution is 7.99. The number of benzene rings is 2. The molecule has 0 aliphatic rings. The average molecular weight is 440 g/mol. The Balaban J connectivity index is 1.60. The number of anilines is 1. The fraction of sp³-hybridized carbons (Fsp3) is 0.136. The van der Waals surface area contributed by atoms with Crippen molar-refractivity contribution in [1.29, 1.82) is 0 Å². The second kappa shape index (κ2) is 8.77. The van der Waals surface area contributed by atoms with Crippen LogP contribution in [0, 0.1) is 6.92 Å². The SMILES string of the molecule is Cc1c(Cl)cccc1NC(=O)CSc1nc2ccccc2c(=O)n1Cc1ccco1. The van der Waals surface area contributed by atoms with Crippen LogP contribution in [0.25, 0.3) is 10.9 Å². The minimum absolute atomic E-state index is 0.0922. The number of aromatic nitrogens is 2. The van der Waals surface area contributed by atoms with Crippen molar-refractivity contribution in [1.82, 2.24) is 9.55 Å². The van der Waals surface area contributed by atoms with Crippen LogP contribution in [-0.2, 0) is 11.3 Å². The molecule has 4 aromatic rings. The summed E-state index contributed by atoms with van der Waals surface area (Å²) in [5, 5.41) is 4.42. The van der Waals surface area contributed by atoms with E-state index in [0.29, 0.717) is 32.5 Å². The Morgan fingerprint density at radius 2 is 2.00 bits per heavy atom. The van der Waals surface area contributed by atoms with Gasteiger partial charge in [0, 0.05) is 10.7 Å². The zero-order chi connectivity index (χ0) is 21.1. The number of rotatable bonds is 6. The molecule has 2 aromatic carbocycles. The number of halogens is 1. The Hall–Kier alpha value is -3.03. The molecule has 0 atom stereocenters. The van der Waals surface area contributed by atoms with Crippen molar-refractivity contribution in [3.63, 3.8) is 0 Å². The Morgan fingerprint density at radius 1 is 1.17 bits per heavy atom. The van der Waals surface area contributed by atoms with Gasteiger partial charge in [-0.1, -0.05) is 41.6 Å². The summed E-state index contributed by atoms with van der Waals surface area (Å²) in [5.41, 5.74) is 1.88. The molecule has 0 fully saturated rings. The number of hydrogen-bond donors (Lipinski definition) is 1. The van der Waals surface area contributed by atoms with Gasteiger partial charge >= 0.3 is 0 Å². The number of thioether (sulfide) groups is 1. The summed E-state index contributed by atoms with van der Waals surface area (Å²) in [7, 11) is 0. The van der Waals surface area contributed by atoms with E-state index in [1.807, 2.05) is 13.0 Å². The van der Waals surface area contributed by atoms with E-state index in [-0.39, 0.29) is 23.8 Å². The maximum absolute atomic E-state index is 13.0. The first-order valence-electron chi connectivity index (χ1n) is 9.22. The van der Waals surface area contributed by atoms with Gasteiger partial charge < -0.3 is 9.73 Å². The zero-order valence-electron chi connectivity index (χ0n) is 16.1. The van der Waals surface area contributed by atoms with Gasteiger partial charge in [-0.05, 0) is 48.9 Å². The molecule has 4 rings (SSSR count). The van der Waals surface area contributed by atoms with E-state index in [1.165, 1.54) is 16.3 Å². The molecule has 0 radical (unpaired) electrons. The lowest BCUT2D eigenvalue weighted by Crippen LogP contribution is -2.24. The van der Waals surface area contributed by atoms with Crippen molar-refractivity contribution in [2.24, 2.45) is 0 Å². The van der Waals surface area contributed by atoms with E-state index in [4.69, 9.17) is 16.0 Å². The van der Waals surface area contributed by atoms with Crippen LogP contribution >= 0.6 is 23.4 Å². The first-order chi connectivity index (χ1) is 14.5. The highest BCUT2D eigenvalue weighted by atomic mass is 35.5. The monoisotopic (exact) mass is 439 g/mol. The molecular formula is C22H18ClN3O3S. The van der Waals surface area contributed by atoms with Crippen LogP contribution in [0.5, 0.6) is 0 Å². The van der Waals surface area contributed by atoms with Gasteiger partial charge in [0.05, 0.1) is 29.5 Å². The fourth-order valence-corrected chi connectivity index (χ4v) is 3.99. The zero-order valence-corrected chi connectivity index (χ0v) is 17.7. The van der Waals surface area contributed by atoms with Gasteiger partial charge in [0.2, 0.25) is 5.91 Å². The maximum atomic E-state index is 13.0. The standard InChI is InChI=1S/C22H18ClN3O3S/c1-14-17(23)8-4-10-18(14)24-20(27)13-30-22-25-19-9-3-2-7-16(19)21(28)26(22)12-15-6-5-11-29-15/h2-11H,12-13H2,1H3,(H,24,27). The third-order valence-electron chi connectivity index (χ3n) is 4.59. The van der Waals surface area contributed by atoms with E-state index in [2.05, 4.69) is 10.3 Å². The van der Waals surface area contributed by atoms with Crippen LogP contribution in [0.3, 0.4) is 0 Å². The molecule has 2 aromatic heterocycles. The van der Waals surface area contributed by atoms with Gasteiger partial charge in [0.15, 0.2) is 5.16 Å². The second-order valence-corrected chi connectivity index (χ2v) is 7.98. The molecule has 8 heteroatoms. The number of carbonyl (C=O) groups is 1. The van der Waals surface area contributed by atoms with Crippen LogP contribution in [0.2, 0.25) is 5.02 Å². The van der Waals surface area contributed by atoms with Crippen molar-refractivity contribution in [2.45, 2.75) is 18.6 Å². The smallest absolute Gasteiger partial charge is 0.262 e. The Morgan fingerprint density at radius 3 is 2.80 bits per heavy atom. The quantitative estimate of drug-likeness (QED) is 0.347. The Labute approximate surface area is 181 Å². The molecule has 0 saturated heterocycles. The van der Waals surface area contributed by atoms with Crippen LogP contribution in [-0.4, -0.2) is 21.2 Å². The summed E-state index contributed by atoms with van der Waals surface area (Å²) in [6.45, 7) is 2.08. The third kappa shape index (κ3) is 4.27. The number of hydrogen-bond acceptors (Lipinski definition) is 5. The molecular weight excluding hydrogens is 422 g/mol. The minimum atomic E-state index is -0.211. The number of nitrogens with zero attached hydrogens (tertiary/aromatic N) is 2. The minimum Gasteiger partial charge on any atom is -0.467 e. The molecule has 6 nitrogen and oxygen atoms in total. The van der Waals surface area contributed by atoms with Crippen LogP contribution in [0.4, 0.5) is 5.69 Å². The predicted molar refractivity (Wildman–Crippen MR) is 119 cm³/mol. The summed E-state index contributed by atoms with van der Waals surface area (Å²) >= 11 is 7.32. The van der Waals surface area contributed by atoms with Crippen LogP contribution in [0.1, 0.15) is 11.3 Å². The summed E-state index contributed by atoms with van der Waals surface area (Å²) < 4.78 is 6.93. The third-order valence-corrected chi connectivity index (χ3v) is 5.98. The molecule has 0 aliphatic heterocycles. The maximum Gasteiger partial charge on any atom is 0.262 e. The summed E-state index contributed by atoms with van der Waals surface area (Å²) in [6, 6.07) is 16.1. The lowest BCUT2D eigenvalue weighted by Gasteiger charge is -2.13. The fourth-order valence-electron chi connectivity index (χ4n) is 3.01. The van der Waals surface area contributed by atoms with Crippen LogP contribution in [0.15, 0.2) is 75.2 Å². The van der Waals surface area contributed by atoms with E-state index >= 15 is 0 Å². The highest BCUT2D eigenvalue weighted by Crippen LogP contribution is 2.24. The molecule has 0 spiro atoms. The number of amides is 1. The number of furan rings is 1. The van der Waals surface area contributed by atoms with Crippen molar-refractivity contribution in [2.75, 3.05) is 11.1 Å². The number of nitrogens with one attached hydrogen (secondary N) is 1. The summed E-state index contributed by atoms with van der Waals surface area (Å²) in [5.74, 6) is 0.516. The summed E-state index contributed by atoms with van der Waals surface area (Å²) in [4.78, 5) is 30.2. The van der Waals surface area contributed by atoms with Gasteiger partial charge in [-0.15, -0.1) is 0 Å². The van der Waals surface area contributed by atoms with Crippen molar-refractivity contribution in [3.8, 4) is 0 Å². The van der Waals surface area contributed by atoms with Gasteiger partial charge in [-0.25, -0.2) is 4.98 Å².